The fraction of sp³-hybridized carbons (Fsp3) is 0.556. The van der Waals surface area contributed by atoms with E-state index in [0.29, 0.717) is 25.3 Å². The largest absolute Gasteiger partial charge is 0.444 e. The standard InChI is InChI=1S/C18H26FN5O2/c1-12(19)10-21-16(20-5)23-15-7-6-13-11-24(9-8-14(13)22-15)17(25)26-18(2,3)4/h6-7,10,12H,8-9,11H2,1-5H3,(H,20,22,23). The van der Waals surface area contributed by atoms with Gasteiger partial charge < -0.3 is 15.0 Å². The number of anilines is 1. The van der Waals surface area contributed by atoms with Crippen molar-refractivity contribution in [2.24, 2.45) is 9.98 Å². The Kier molecular flexibility index (Phi) is 6.28. The number of amides is 1. The average Bonchev–Trinajstić information content (AvgIpc) is 2.56. The first kappa shape index (κ1) is 19.8. The average molecular weight is 363 g/mol. The number of aromatic nitrogens is 1. The topological polar surface area (TPSA) is 79.2 Å². The van der Waals surface area contributed by atoms with Crippen molar-refractivity contribution in [3.63, 3.8) is 0 Å². The summed E-state index contributed by atoms with van der Waals surface area (Å²) in [5.41, 5.74) is 1.37. The maximum atomic E-state index is 12.9. The van der Waals surface area contributed by atoms with Gasteiger partial charge >= 0.3 is 6.09 Å². The number of hydrogen-bond donors (Lipinski definition) is 1. The summed E-state index contributed by atoms with van der Waals surface area (Å²) in [5, 5.41) is 2.97. The van der Waals surface area contributed by atoms with E-state index in [1.165, 1.54) is 13.1 Å². The number of nitrogens with zero attached hydrogens (tertiary/aromatic N) is 4. The predicted octanol–water partition coefficient (Wildman–Crippen LogP) is 3.20. The van der Waals surface area contributed by atoms with Gasteiger partial charge in [0, 0.05) is 31.9 Å². The zero-order chi connectivity index (χ0) is 19.3. The van der Waals surface area contributed by atoms with Crippen LogP contribution in [0.3, 0.4) is 0 Å². The van der Waals surface area contributed by atoms with E-state index in [4.69, 9.17) is 4.74 Å². The predicted molar refractivity (Wildman–Crippen MR) is 101 cm³/mol. The molecule has 0 radical (unpaired) electrons. The first-order chi connectivity index (χ1) is 12.2. The quantitative estimate of drug-likeness (QED) is 0.646. The SMILES string of the molecule is CN=C(N=CC(C)F)Nc1ccc2c(n1)CCN(C(=O)OC(C)(C)C)C2. The summed E-state index contributed by atoms with van der Waals surface area (Å²) in [6, 6.07) is 3.70. The smallest absolute Gasteiger partial charge is 0.410 e. The maximum absolute atomic E-state index is 12.9. The summed E-state index contributed by atoms with van der Waals surface area (Å²) in [5.74, 6) is 0.867. The van der Waals surface area contributed by atoms with Crippen LogP contribution < -0.4 is 5.32 Å². The molecule has 26 heavy (non-hydrogen) atoms. The monoisotopic (exact) mass is 363 g/mol. The van der Waals surface area contributed by atoms with E-state index < -0.39 is 11.8 Å². The number of fused-ring (bicyclic) bond motifs is 1. The fourth-order valence-corrected chi connectivity index (χ4v) is 2.40. The lowest BCUT2D eigenvalue weighted by molar-refractivity contribution is 0.0223. The molecule has 1 amide bonds. The van der Waals surface area contributed by atoms with Crippen LogP contribution in [0.2, 0.25) is 0 Å². The van der Waals surface area contributed by atoms with Crippen LogP contribution in [0.25, 0.3) is 0 Å². The molecule has 1 aliphatic rings. The number of carbonyl (C=O) groups excluding carboxylic acids is 1. The van der Waals surface area contributed by atoms with Gasteiger partial charge in [-0.1, -0.05) is 6.07 Å². The zero-order valence-corrected chi connectivity index (χ0v) is 15.9. The van der Waals surface area contributed by atoms with Crippen LogP contribution in [-0.2, 0) is 17.7 Å². The summed E-state index contributed by atoms with van der Waals surface area (Å²) in [7, 11) is 1.57. The van der Waals surface area contributed by atoms with E-state index in [1.807, 2.05) is 26.8 Å². The second-order valence-electron chi connectivity index (χ2n) is 7.08. The first-order valence-corrected chi connectivity index (χ1v) is 8.56. The Balaban J connectivity index is 2.05. The fourth-order valence-electron chi connectivity index (χ4n) is 2.40. The summed E-state index contributed by atoms with van der Waals surface area (Å²) in [6.07, 6.45) is 0.337. The van der Waals surface area contributed by atoms with Crippen molar-refractivity contribution in [1.82, 2.24) is 9.88 Å². The van der Waals surface area contributed by atoms with Crippen LogP contribution in [0.4, 0.5) is 15.0 Å². The van der Waals surface area contributed by atoms with Crippen LogP contribution in [0.5, 0.6) is 0 Å². The van der Waals surface area contributed by atoms with E-state index in [-0.39, 0.29) is 12.1 Å². The molecule has 0 aromatic carbocycles. The lowest BCUT2D eigenvalue weighted by Crippen LogP contribution is -2.40. The van der Waals surface area contributed by atoms with Crippen LogP contribution in [0, 0.1) is 0 Å². The second kappa shape index (κ2) is 8.25. The molecular formula is C18H26FN5O2. The number of carbonyl (C=O) groups is 1. The number of hydrogen-bond acceptors (Lipinski definition) is 4. The number of pyridine rings is 1. The Labute approximate surface area is 153 Å². The van der Waals surface area contributed by atoms with E-state index in [9.17, 15) is 9.18 Å². The van der Waals surface area contributed by atoms with Gasteiger partial charge in [-0.05, 0) is 39.3 Å². The van der Waals surface area contributed by atoms with Gasteiger partial charge in [0.15, 0.2) is 0 Å². The molecular weight excluding hydrogens is 337 g/mol. The Bertz CT molecular complexity index is 710. The normalized spacial score (nSPS) is 16.4. The minimum atomic E-state index is -1.15. The highest BCUT2D eigenvalue weighted by molar-refractivity contribution is 5.98. The van der Waals surface area contributed by atoms with Crippen LogP contribution in [-0.4, -0.2) is 53.5 Å². The summed E-state index contributed by atoms with van der Waals surface area (Å²) < 4.78 is 18.3. The van der Waals surface area contributed by atoms with E-state index in [2.05, 4.69) is 20.3 Å². The molecule has 1 N–H and O–H groups in total. The highest BCUT2D eigenvalue weighted by Gasteiger charge is 2.26. The summed E-state index contributed by atoms with van der Waals surface area (Å²) >= 11 is 0. The number of rotatable bonds is 2. The highest BCUT2D eigenvalue weighted by Crippen LogP contribution is 2.21. The summed E-state index contributed by atoms with van der Waals surface area (Å²) in [4.78, 5) is 26.4. The Hall–Kier alpha value is -2.51. The molecule has 8 heteroatoms. The van der Waals surface area contributed by atoms with Gasteiger partial charge in [-0.3, -0.25) is 4.99 Å². The molecule has 1 unspecified atom stereocenters. The third-order valence-electron chi connectivity index (χ3n) is 3.55. The molecule has 1 aliphatic heterocycles. The van der Waals surface area contributed by atoms with Crippen molar-refractivity contribution in [2.45, 2.75) is 52.4 Å². The van der Waals surface area contributed by atoms with Crippen molar-refractivity contribution in [2.75, 3.05) is 18.9 Å². The minimum absolute atomic E-state index is 0.285. The molecule has 1 aromatic heterocycles. The zero-order valence-electron chi connectivity index (χ0n) is 15.9. The molecule has 0 saturated heterocycles. The Morgan fingerprint density at radius 3 is 2.81 bits per heavy atom. The minimum Gasteiger partial charge on any atom is -0.444 e. The molecule has 7 nitrogen and oxygen atoms in total. The number of aliphatic imine (C=N–C) groups is 2. The van der Waals surface area contributed by atoms with E-state index in [1.54, 1.807) is 18.0 Å². The number of nitrogens with one attached hydrogen (secondary N) is 1. The third-order valence-corrected chi connectivity index (χ3v) is 3.55. The van der Waals surface area contributed by atoms with Gasteiger partial charge in [0.2, 0.25) is 5.96 Å². The summed E-state index contributed by atoms with van der Waals surface area (Å²) in [6.45, 7) is 7.95. The van der Waals surface area contributed by atoms with Crippen molar-refractivity contribution in [3.05, 3.63) is 23.4 Å². The van der Waals surface area contributed by atoms with Crippen molar-refractivity contribution < 1.29 is 13.9 Å². The van der Waals surface area contributed by atoms with Crippen molar-refractivity contribution in [1.29, 1.82) is 0 Å². The Morgan fingerprint density at radius 1 is 1.46 bits per heavy atom. The Morgan fingerprint density at radius 2 is 2.19 bits per heavy atom. The highest BCUT2D eigenvalue weighted by atomic mass is 19.1. The van der Waals surface area contributed by atoms with E-state index >= 15 is 0 Å². The molecule has 142 valence electrons. The van der Waals surface area contributed by atoms with Crippen LogP contribution in [0.15, 0.2) is 22.1 Å². The third kappa shape index (κ3) is 5.79. The number of guanidine groups is 1. The molecule has 0 fully saturated rings. The second-order valence-corrected chi connectivity index (χ2v) is 7.08. The lowest BCUT2D eigenvalue weighted by atomic mass is 10.1. The molecule has 2 rings (SSSR count). The molecule has 1 aromatic rings. The van der Waals surface area contributed by atoms with Crippen molar-refractivity contribution >= 4 is 24.1 Å². The lowest BCUT2D eigenvalue weighted by Gasteiger charge is -2.30. The molecule has 0 aliphatic carbocycles. The van der Waals surface area contributed by atoms with Gasteiger partial charge in [0.05, 0.1) is 6.54 Å². The number of ether oxygens (including phenoxy) is 1. The van der Waals surface area contributed by atoms with Crippen molar-refractivity contribution in [3.8, 4) is 0 Å². The van der Waals surface area contributed by atoms with Gasteiger partial charge in [-0.25, -0.2) is 19.2 Å². The molecule has 0 bridgehead atoms. The van der Waals surface area contributed by atoms with Gasteiger partial charge in [0.1, 0.15) is 17.6 Å². The molecule has 0 spiro atoms. The maximum Gasteiger partial charge on any atom is 0.410 e. The number of alkyl halides is 1. The first-order valence-electron chi connectivity index (χ1n) is 8.56. The molecule has 2 heterocycles. The van der Waals surface area contributed by atoms with Gasteiger partial charge in [-0.2, -0.15) is 0 Å². The molecule has 0 saturated carbocycles. The van der Waals surface area contributed by atoms with Crippen LogP contribution >= 0.6 is 0 Å². The molecule has 1 atom stereocenters. The van der Waals surface area contributed by atoms with E-state index in [0.717, 1.165) is 11.3 Å². The van der Waals surface area contributed by atoms with Gasteiger partial charge in [0.25, 0.3) is 0 Å². The van der Waals surface area contributed by atoms with Crippen LogP contribution in [0.1, 0.15) is 39.0 Å². The number of halogens is 1. The van der Waals surface area contributed by atoms with Gasteiger partial charge in [-0.15, -0.1) is 0 Å².